The molecule has 0 bridgehead atoms. The first-order valence-electron chi connectivity index (χ1n) is 3.36. The number of aromatic nitrogens is 1. The third-order valence-electron chi connectivity index (χ3n) is 1.44. The number of nitrogens with one attached hydrogen (secondary N) is 1. The van der Waals surface area contributed by atoms with Crippen molar-refractivity contribution < 1.29 is 13.2 Å². The van der Waals surface area contributed by atoms with Crippen LogP contribution in [0, 0.1) is 4.51 Å². The summed E-state index contributed by atoms with van der Waals surface area (Å²) in [6.45, 7) is 2.93. The average Bonchev–Trinajstić information content (AvgIpc) is 2.01. The summed E-state index contributed by atoms with van der Waals surface area (Å²) >= 11 is 4.71. The quantitative estimate of drug-likeness (QED) is 0.695. The highest BCUT2D eigenvalue weighted by molar-refractivity contribution is 7.71. The maximum absolute atomic E-state index is 12.1. The second kappa shape index (κ2) is 3.33. The standard InChI is InChI=1S/C8H6F3NS/c1-5(8(9,10)11)7-4-6(13)2-3-12-7/h2-4H,1H2,(H,12,13). The van der Waals surface area contributed by atoms with Gasteiger partial charge < -0.3 is 4.98 Å². The van der Waals surface area contributed by atoms with Gasteiger partial charge in [0.25, 0.3) is 0 Å². The lowest BCUT2D eigenvalue weighted by Gasteiger charge is -2.09. The van der Waals surface area contributed by atoms with Gasteiger partial charge in [-0.1, -0.05) is 18.8 Å². The molecule has 1 aromatic rings. The molecule has 0 unspecified atom stereocenters. The number of halogens is 3. The Hall–Kier alpha value is -1.10. The van der Waals surface area contributed by atoms with Gasteiger partial charge in [0, 0.05) is 10.7 Å². The van der Waals surface area contributed by atoms with Crippen molar-refractivity contribution in [3.05, 3.63) is 35.1 Å². The first-order chi connectivity index (χ1) is 5.91. The molecule has 0 aliphatic heterocycles. The molecular formula is C8H6F3NS. The Morgan fingerprint density at radius 1 is 1.46 bits per heavy atom. The molecule has 5 heteroatoms. The van der Waals surface area contributed by atoms with E-state index in [1.807, 2.05) is 0 Å². The van der Waals surface area contributed by atoms with Gasteiger partial charge in [-0.15, -0.1) is 0 Å². The van der Waals surface area contributed by atoms with Crippen LogP contribution >= 0.6 is 12.2 Å². The van der Waals surface area contributed by atoms with Crippen LogP contribution in [0.25, 0.3) is 5.57 Å². The van der Waals surface area contributed by atoms with Gasteiger partial charge >= 0.3 is 6.18 Å². The van der Waals surface area contributed by atoms with Crippen LogP contribution in [-0.4, -0.2) is 11.2 Å². The number of hydrogen-bond donors (Lipinski definition) is 1. The van der Waals surface area contributed by atoms with Crippen molar-refractivity contribution in [3.8, 4) is 0 Å². The molecule has 1 nitrogen and oxygen atoms in total. The third kappa shape index (κ3) is 2.42. The number of hydrogen-bond acceptors (Lipinski definition) is 1. The molecular weight excluding hydrogens is 199 g/mol. The molecule has 0 saturated heterocycles. The van der Waals surface area contributed by atoms with Crippen molar-refractivity contribution in [1.82, 2.24) is 4.98 Å². The molecule has 1 heterocycles. The van der Waals surface area contributed by atoms with Gasteiger partial charge in [-0.3, -0.25) is 0 Å². The summed E-state index contributed by atoms with van der Waals surface area (Å²) in [6.07, 6.45) is -3.06. The van der Waals surface area contributed by atoms with Crippen LogP contribution in [-0.2, 0) is 0 Å². The van der Waals surface area contributed by atoms with Crippen molar-refractivity contribution in [3.63, 3.8) is 0 Å². The lowest BCUT2D eigenvalue weighted by molar-refractivity contribution is -0.0688. The summed E-state index contributed by atoms with van der Waals surface area (Å²) in [5.74, 6) is 0. The molecule has 13 heavy (non-hydrogen) atoms. The van der Waals surface area contributed by atoms with Crippen molar-refractivity contribution in [1.29, 1.82) is 0 Å². The van der Waals surface area contributed by atoms with E-state index < -0.39 is 11.7 Å². The summed E-state index contributed by atoms with van der Waals surface area (Å²) in [5.41, 5.74) is -1.01. The van der Waals surface area contributed by atoms with E-state index in [0.29, 0.717) is 4.51 Å². The van der Waals surface area contributed by atoms with E-state index in [2.05, 4.69) is 11.6 Å². The fourth-order valence-electron chi connectivity index (χ4n) is 0.773. The number of pyridine rings is 1. The van der Waals surface area contributed by atoms with E-state index in [4.69, 9.17) is 12.2 Å². The topological polar surface area (TPSA) is 15.8 Å². The third-order valence-corrected chi connectivity index (χ3v) is 1.69. The SMILES string of the molecule is C=C(c1cc(=S)cc[nH]1)C(F)(F)F. The number of H-pyrrole nitrogens is 1. The van der Waals surface area contributed by atoms with Gasteiger partial charge in [-0.25, -0.2) is 0 Å². The fraction of sp³-hybridized carbons (Fsp3) is 0.125. The highest BCUT2D eigenvalue weighted by Gasteiger charge is 2.33. The van der Waals surface area contributed by atoms with Crippen LogP contribution in [0.5, 0.6) is 0 Å². The van der Waals surface area contributed by atoms with Gasteiger partial charge in [0.2, 0.25) is 0 Å². The molecule has 0 fully saturated rings. The van der Waals surface area contributed by atoms with E-state index in [9.17, 15) is 13.2 Å². The van der Waals surface area contributed by atoms with E-state index in [1.165, 1.54) is 18.3 Å². The maximum Gasteiger partial charge on any atom is 0.417 e. The van der Waals surface area contributed by atoms with Crippen LogP contribution < -0.4 is 0 Å². The van der Waals surface area contributed by atoms with E-state index in [-0.39, 0.29) is 5.69 Å². The molecule has 0 saturated carbocycles. The summed E-state index contributed by atoms with van der Waals surface area (Å²) in [4.78, 5) is 2.43. The first kappa shape index (κ1) is 9.98. The van der Waals surface area contributed by atoms with Gasteiger partial charge in [-0.2, -0.15) is 13.2 Å². The number of aromatic amines is 1. The second-order valence-electron chi connectivity index (χ2n) is 2.41. The van der Waals surface area contributed by atoms with E-state index in [0.717, 1.165) is 0 Å². The van der Waals surface area contributed by atoms with Crippen LogP contribution in [0.4, 0.5) is 13.2 Å². The minimum Gasteiger partial charge on any atom is -0.361 e. The summed E-state index contributed by atoms with van der Waals surface area (Å²) in [7, 11) is 0. The summed E-state index contributed by atoms with van der Waals surface area (Å²) in [5, 5.41) is 0. The van der Waals surface area contributed by atoms with Gasteiger partial charge in [0.15, 0.2) is 0 Å². The Kier molecular flexibility index (Phi) is 2.56. The lowest BCUT2D eigenvalue weighted by atomic mass is 10.2. The molecule has 0 aliphatic carbocycles. The molecule has 0 atom stereocenters. The predicted molar refractivity (Wildman–Crippen MR) is 46.7 cm³/mol. The van der Waals surface area contributed by atoms with Gasteiger partial charge in [-0.05, 0) is 12.1 Å². The normalized spacial score (nSPS) is 11.3. The Morgan fingerprint density at radius 3 is 2.54 bits per heavy atom. The fourth-order valence-corrected chi connectivity index (χ4v) is 0.958. The second-order valence-corrected chi connectivity index (χ2v) is 2.89. The van der Waals surface area contributed by atoms with Crippen molar-refractivity contribution >= 4 is 17.8 Å². The number of rotatable bonds is 1. The van der Waals surface area contributed by atoms with Crippen molar-refractivity contribution in [2.45, 2.75) is 6.18 Å². The molecule has 0 spiro atoms. The smallest absolute Gasteiger partial charge is 0.361 e. The molecule has 1 rings (SSSR count). The highest BCUT2D eigenvalue weighted by atomic mass is 32.1. The highest BCUT2D eigenvalue weighted by Crippen LogP contribution is 2.30. The van der Waals surface area contributed by atoms with Crippen LogP contribution in [0.15, 0.2) is 24.9 Å². The molecule has 1 N–H and O–H groups in total. The zero-order chi connectivity index (χ0) is 10.1. The van der Waals surface area contributed by atoms with Crippen molar-refractivity contribution in [2.75, 3.05) is 0 Å². The minimum atomic E-state index is -4.42. The summed E-state index contributed by atoms with van der Waals surface area (Å²) in [6, 6.07) is 2.73. The zero-order valence-electron chi connectivity index (χ0n) is 6.48. The van der Waals surface area contributed by atoms with Crippen LogP contribution in [0.3, 0.4) is 0 Å². The van der Waals surface area contributed by atoms with E-state index in [1.54, 1.807) is 0 Å². The van der Waals surface area contributed by atoms with Gasteiger partial charge in [0.1, 0.15) is 0 Å². The molecule has 0 radical (unpaired) electrons. The number of alkyl halides is 3. The lowest BCUT2D eigenvalue weighted by Crippen LogP contribution is -2.10. The first-order valence-corrected chi connectivity index (χ1v) is 3.77. The van der Waals surface area contributed by atoms with Gasteiger partial charge in [0.05, 0.1) is 11.3 Å². The predicted octanol–water partition coefficient (Wildman–Crippen LogP) is 3.32. The summed E-state index contributed by atoms with van der Waals surface area (Å²) < 4.78 is 36.7. The molecule has 0 amide bonds. The molecule has 0 aromatic carbocycles. The van der Waals surface area contributed by atoms with E-state index >= 15 is 0 Å². The van der Waals surface area contributed by atoms with Crippen molar-refractivity contribution in [2.24, 2.45) is 0 Å². The molecule has 0 aliphatic rings. The monoisotopic (exact) mass is 205 g/mol. The Bertz CT molecular complexity index is 377. The largest absolute Gasteiger partial charge is 0.417 e. The van der Waals surface area contributed by atoms with Crippen LogP contribution in [0.2, 0.25) is 0 Å². The Morgan fingerprint density at radius 2 is 2.08 bits per heavy atom. The average molecular weight is 205 g/mol. The zero-order valence-corrected chi connectivity index (χ0v) is 7.30. The maximum atomic E-state index is 12.1. The Labute approximate surface area is 77.9 Å². The minimum absolute atomic E-state index is 0.0972. The molecule has 1 aromatic heterocycles. The Balaban J connectivity index is 3.10. The number of allylic oxidation sites excluding steroid dienone is 1. The van der Waals surface area contributed by atoms with Crippen LogP contribution in [0.1, 0.15) is 5.69 Å². The molecule has 70 valence electrons.